The minimum Gasteiger partial charge on any atom is -0.640 e. The third-order valence-electron chi connectivity index (χ3n) is 6.11. The van der Waals surface area contributed by atoms with E-state index in [-0.39, 0.29) is 33.0 Å². The number of hydrogen-bond donors (Lipinski definition) is 0. The smallest absolute Gasteiger partial charge is 0.640 e. The maximum absolute atomic E-state index is 11.4. The summed E-state index contributed by atoms with van der Waals surface area (Å²) in [7, 11) is 9.01. The second-order valence-corrected chi connectivity index (χ2v) is 8.81. The van der Waals surface area contributed by atoms with Gasteiger partial charge in [-0.05, 0) is 66.1 Å². The number of methoxy groups -OCH3 is 2. The second-order valence-electron chi connectivity index (χ2n) is 8.81. The Hall–Kier alpha value is -3.73. The molecule has 0 saturated carbocycles. The largest absolute Gasteiger partial charge is 2.00 e. The van der Waals surface area contributed by atoms with Crippen LogP contribution in [0.25, 0.3) is 11.1 Å². The van der Waals surface area contributed by atoms with Gasteiger partial charge in [0.05, 0.1) is 7.11 Å². The summed E-state index contributed by atoms with van der Waals surface area (Å²) in [5, 5.41) is 0. The molecule has 4 aromatic rings. The van der Waals surface area contributed by atoms with Gasteiger partial charge < -0.3 is 18.9 Å². The van der Waals surface area contributed by atoms with Crippen molar-refractivity contribution >= 4 is 11.9 Å². The molecule has 0 spiro atoms. The molecule has 0 aromatic heterocycles. The molecule has 45 heavy (non-hydrogen) atoms. The zero-order valence-corrected chi connectivity index (χ0v) is 31.0. The number of rotatable bonds is 6. The van der Waals surface area contributed by atoms with Crippen molar-refractivity contribution in [3.8, 4) is 22.6 Å². The fourth-order valence-electron chi connectivity index (χ4n) is 4.21. The quantitative estimate of drug-likeness (QED) is 0.0841. The fraction of sp³-hybridized carbons (Fsp3) is 0.263. The number of hydrogen-bond acceptors (Lipinski definition) is 6. The summed E-state index contributed by atoms with van der Waals surface area (Å²) in [6.45, 7) is 12.9. The van der Waals surface area contributed by atoms with Crippen LogP contribution in [-0.2, 0) is 45.5 Å². The number of carbonyl (C=O) groups is 2. The van der Waals surface area contributed by atoms with E-state index >= 15 is 0 Å². The van der Waals surface area contributed by atoms with Crippen molar-refractivity contribution in [1.82, 2.24) is 0 Å². The van der Waals surface area contributed by atoms with Gasteiger partial charge in [-0.1, -0.05) is 107 Å². The van der Waals surface area contributed by atoms with Gasteiger partial charge in [0, 0.05) is 19.3 Å². The molecule has 0 aliphatic rings. The number of carbonyl (C=O) groups excluding carboxylic acids is 2. The summed E-state index contributed by atoms with van der Waals surface area (Å²) in [6, 6.07) is 34.9. The van der Waals surface area contributed by atoms with Crippen molar-refractivity contribution in [1.29, 1.82) is 0 Å². The first-order chi connectivity index (χ1) is 21.2. The zero-order chi connectivity index (χ0) is 33.5. The van der Waals surface area contributed by atoms with Crippen LogP contribution >= 0.6 is 0 Å². The van der Waals surface area contributed by atoms with E-state index in [2.05, 4.69) is 91.3 Å². The molecule has 0 radical (unpaired) electrons. The van der Waals surface area contributed by atoms with Crippen LogP contribution in [0.2, 0.25) is 0 Å². The molecule has 4 aromatic carbocycles. The van der Waals surface area contributed by atoms with Gasteiger partial charge in [-0.3, -0.25) is 9.59 Å². The van der Waals surface area contributed by atoms with E-state index in [1.807, 2.05) is 70.2 Å². The Morgan fingerprint density at radius 1 is 0.622 bits per heavy atom. The fourth-order valence-corrected chi connectivity index (χ4v) is 4.21. The summed E-state index contributed by atoms with van der Waals surface area (Å²) in [6.07, 6.45) is 0. The van der Waals surface area contributed by atoms with E-state index in [1.54, 1.807) is 7.11 Å². The summed E-state index contributed by atoms with van der Waals surface area (Å²) in [5.41, 5.74) is 5.32. The first kappa shape index (κ1) is 43.4. The third kappa shape index (κ3) is 13.8. The van der Waals surface area contributed by atoms with Gasteiger partial charge in [-0.25, -0.2) is 7.11 Å². The van der Waals surface area contributed by atoms with Crippen molar-refractivity contribution in [2.75, 3.05) is 14.2 Å². The van der Waals surface area contributed by atoms with Crippen LogP contribution in [0.4, 0.5) is 0 Å². The summed E-state index contributed by atoms with van der Waals surface area (Å²) < 4.78 is 18.5. The zero-order valence-electron chi connectivity index (χ0n) is 28.1. The number of ether oxygens (including phenoxy) is 4. The SMILES string of the molecule is CC.CC.COc1ccc(C(C)(c2ccc(OC(C)=O)cc2)c2ccccc2-c2ccccc2)cc1.[CH2-]OC.[CH2-]OC(C)=O.[W+2]. The van der Waals surface area contributed by atoms with Gasteiger partial charge >= 0.3 is 27.0 Å². The predicted octanol–water partition coefficient (Wildman–Crippen LogP) is 9.46. The minimum absolute atomic E-state index is 0. The maximum atomic E-state index is 11.4. The molecular weight excluding hydrogens is 736 g/mol. The molecule has 0 amide bonds. The Bertz CT molecular complexity index is 1340. The van der Waals surface area contributed by atoms with Crippen molar-refractivity contribution < 1.29 is 49.6 Å². The molecule has 4 rings (SSSR count). The van der Waals surface area contributed by atoms with E-state index in [0.29, 0.717) is 5.75 Å². The number of esters is 2. The van der Waals surface area contributed by atoms with Gasteiger partial charge in [0.15, 0.2) is 0 Å². The Balaban J connectivity index is 0. The van der Waals surface area contributed by atoms with Crippen LogP contribution in [0.1, 0.15) is 65.2 Å². The van der Waals surface area contributed by atoms with Gasteiger partial charge in [0.25, 0.3) is 5.97 Å². The second kappa shape index (κ2) is 24.6. The Morgan fingerprint density at radius 2 is 1.02 bits per heavy atom. The van der Waals surface area contributed by atoms with Crippen molar-refractivity contribution in [3.05, 3.63) is 134 Å². The average molecular weight is 785 g/mol. The summed E-state index contributed by atoms with van der Waals surface area (Å²) in [5.74, 6) is 0.669. The van der Waals surface area contributed by atoms with Gasteiger partial charge in [-0.15, -0.1) is 0 Å². The Kier molecular flexibility index (Phi) is 23.7. The van der Waals surface area contributed by atoms with Crippen LogP contribution in [0.3, 0.4) is 0 Å². The molecule has 0 saturated heterocycles. The molecule has 1 atom stereocenters. The number of benzene rings is 4. The van der Waals surface area contributed by atoms with Crippen LogP contribution in [0, 0.1) is 14.2 Å². The van der Waals surface area contributed by atoms with E-state index in [1.165, 1.54) is 37.6 Å². The van der Waals surface area contributed by atoms with Crippen LogP contribution < -0.4 is 9.47 Å². The van der Waals surface area contributed by atoms with Crippen LogP contribution in [0.5, 0.6) is 11.5 Å². The van der Waals surface area contributed by atoms with E-state index in [9.17, 15) is 9.59 Å². The molecule has 1 unspecified atom stereocenters. The third-order valence-corrected chi connectivity index (χ3v) is 6.11. The Labute approximate surface area is 285 Å². The summed E-state index contributed by atoms with van der Waals surface area (Å²) in [4.78, 5) is 20.9. The van der Waals surface area contributed by atoms with Crippen LogP contribution in [-0.4, -0.2) is 26.2 Å². The minimum atomic E-state index is -0.451. The average Bonchev–Trinajstić information content (AvgIpc) is 3.07. The molecule has 0 aliphatic carbocycles. The van der Waals surface area contributed by atoms with Crippen molar-refractivity contribution in [2.24, 2.45) is 0 Å². The predicted molar refractivity (Wildman–Crippen MR) is 180 cm³/mol. The van der Waals surface area contributed by atoms with Crippen LogP contribution in [0.15, 0.2) is 103 Å². The maximum Gasteiger partial charge on any atom is 2.00 e. The van der Waals surface area contributed by atoms with Gasteiger partial charge in [0.1, 0.15) is 11.5 Å². The standard InChI is InChI=1S/C29H26O3.C3H5O2.C2H5O.2C2H6.W/c1-21(30)32-26-19-15-24(16-20-26)29(2,23-13-17-25(31-3)18-14-23)28-12-8-7-11-27(28)22-9-5-4-6-10-22;1-3(4)5-2;1-3-2;2*1-2;/h4-20H,1-3H3;2H2,1H3;1H2,2H3;2*1-2H3;/q;2*-1;;;+2. The molecule has 0 heterocycles. The summed E-state index contributed by atoms with van der Waals surface area (Å²) >= 11 is 0. The molecule has 7 heteroatoms. The topological polar surface area (TPSA) is 71.1 Å². The van der Waals surface area contributed by atoms with Gasteiger partial charge in [0.2, 0.25) is 0 Å². The van der Waals surface area contributed by atoms with E-state index in [0.717, 1.165) is 16.9 Å². The Morgan fingerprint density at radius 3 is 1.42 bits per heavy atom. The molecule has 0 bridgehead atoms. The normalized spacial score (nSPS) is 10.4. The molecule has 242 valence electrons. The van der Waals surface area contributed by atoms with Crippen molar-refractivity contribution in [3.63, 3.8) is 0 Å². The molecule has 0 aliphatic heterocycles. The van der Waals surface area contributed by atoms with Gasteiger partial charge in [-0.2, -0.15) is 7.11 Å². The molecule has 0 N–H and O–H groups in total. The van der Waals surface area contributed by atoms with E-state index < -0.39 is 5.41 Å². The van der Waals surface area contributed by atoms with Crippen molar-refractivity contribution in [2.45, 2.75) is 53.9 Å². The molecular formula is C38H48O6W. The molecule has 0 fully saturated rings. The monoisotopic (exact) mass is 784 g/mol. The first-order valence-electron chi connectivity index (χ1n) is 14.5. The first-order valence-corrected chi connectivity index (χ1v) is 14.5. The molecule has 6 nitrogen and oxygen atoms in total. The van der Waals surface area contributed by atoms with E-state index in [4.69, 9.17) is 9.47 Å².